The summed E-state index contributed by atoms with van der Waals surface area (Å²) in [5.74, 6) is 8.63. The number of nitrogens with zero attached hydrogens (tertiary/aromatic N) is 4. The van der Waals surface area contributed by atoms with Gasteiger partial charge in [-0.15, -0.1) is 0 Å². The highest BCUT2D eigenvalue weighted by molar-refractivity contribution is 5.42. The fourth-order valence-corrected chi connectivity index (χ4v) is 2.92. The van der Waals surface area contributed by atoms with Crippen LogP contribution in [0.3, 0.4) is 0 Å². The van der Waals surface area contributed by atoms with E-state index in [2.05, 4.69) is 32.6 Å². The molecule has 1 aromatic heterocycles. The third-order valence-electron chi connectivity index (χ3n) is 4.03. The summed E-state index contributed by atoms with van der Waals surface area (Å²) in [6.07, 6.45) is 6.61. The molecular weight excluding hydrogens is 266 g/mol. The van der Waals surface area contributed by atoms with Crippen molar-refractivity contribution in [2.24, 2.45) is 17.7 Å². The third kappa shape index (κ3) is 4.70. The van der Waals surface area contributed by atoms with E-state index in [0.29, 0.717) is 17.8 Å². The van der Waals surface area contributed by atoms with Crippen molar-refractivity contribution in [1.29, 1.82) is 0 Å². The number of nitrogen functional groups attached to an aromatic ring is 1. The van der Waals surface area contributed by atoms with Crippen molar-refractivity contribution in [3.05, 3.63) is 0 Å². The SMILES string of the molecule is CC1CCCC(CCNc2nc(NN)nc(N(C)C)n2)C1. The fraction of sp³-hybridized carbons (Fsp3) is 0.786. The van der Waals surface area contributed by atoms with Crippen LogP contribution in [-0.4, -0.2) is 35.6 Å². The monoisotopic (exact) mass is 293 g/mol. The number of nitrogens with one attached hydrogen (secondary N) is 2. The quantitative estimate of drug-likeness (QED) is 0.544. The van der Waals surface area contributed by atoms with E-state index in [0.717, 1.165) is 18.4 Å². The minimum atomic E-state index is 0.377. The largest absolute Gasteiger partial charge is 0.354 e. The maximum atomic E-state index is 5.40. The summed E-state index contributed by atoms with van der Waals surface area (Å²) in [5, 5.41) is 3.29. The molecule has 1 fully saturated rings. The van der Waals surface area contributed by atoms with E-state index in [-0.39, 0.29) is 0 Å². The normalized spacial score (nSPS) is 21.9. The topological polar surface area (TPSA) is 92.0 Å². The molecule has 1 saturated carbocycles. The van der Waals surface area contributed by atoms with Gasteiger partial charge in [0.2, 0.25) is 17.8 Å². The van der Waals surface area contributed by atoms with Crippen LogP contribution in [0.4, 0.5) is 17.8 Å². The molecule has 2 unspecified atom stereocenters. The second-order valence-electron chi connectivity index (χ2n) is 6.17. The number of aromatic nitrogens is 3. The van der Waals surface area contributed by atoms with Crippen molar-refractivity contribution in [1.82, 2.24) is 15.0 Å². The smallest absolute Gasteiger partial charge is 0.243 e. The molecule has 2 atom stereocenters. The second kappa shape index (κ2) is 7.40. The highest BCUT2D eigenvalue weighted by atomic mass is 15.4. The van der Waals surface area contributed by atoms with E-state index < -0.39 is 0 Å². The van der Waals surface area contributed by atoms with Crippen LogP contribution in [0.5, 0.6) is 0 Å². The van der Waals surface area contributed by atoms with Crippen molar-refractivity contribution >= 4 is 17.8 Å². The van der Waals surface area contributed by atoms with Crippen LogP contribution in [0.1, 0.15) is 39.0 Å². The molecule has 7 heteroatoms. The molecule has 4 N–H and O–H groups in total. The molecule has 1 aromatic rings. The molecule has 1 aliphatic carbocycles. The van der Waals surface area contributed by atoms with Crippen molar-refractivity contribution in [2.75, 3.05) is 36.3 Å². The van der Waals surface area contributed by atoms with Gasteiger partial charge in [-0.25, -0.2) is 5.84 Å². The van der Waals surface area contributed by atoms with Gasteiger partial charge in [0.1, 0.15) is 0 Å². The summed E-state index contributed by atoms with van der Waals surface area (Å²) in [7, 11) is 3.78. The predicted molar refractivity (Wildman–Crippen MR) is 86.2 cm³/mol. The Labute approximate surface area is 126 Å². The first-order chi connectivity index (χ1) is 10.1. The minimum Gasteiger partial charge on any atom is -0.354 e. The van der Waals surface area contributed by atoms with Gasteiger partial charge in [-0.1, -0.05) is 26.2 Å². The Morgan fingerprint density at radius 3 is 2.62 bits per heavy atom. The van der Waals surface area contributed by atoms with Crippen LogP contribution in [0, 0.1) is 11.8 Å². The molecule has 7 nitrogen and oxygen atoms in total. The number of rotatable bonds is 6. The van der Waals surface area contributed by atoms with Gasteiger partial charge in [-0.2, -0.15) is 15.0 Å². The molecule has 21 heavy (non-hydrogen) atoms. The van der Waals surface area contributed by atoms with Gasteiger partial charge in [0.15, 0.2) is 0 Å². The zero-order chi connectivity index (χ0) is 15.2. The summed E-state index contributed by atoms with van der Waals surface area (Å²) in [6, 6.07) is 0. The lowest BCUT2D eigenvalue weighted by molar-refractivity contribution is 0.274. The Hall–Kier alpha value is -1.63. The van der Waals surface area contributed by atoms with E-state index in [9.17, 15) is 0 Å². The summed E-state index contributed by atoms with van der Waals surface area (Å²) < 4.78 is 0. The zero-order valence-corrected chi connectivity index (χ0v) is 13.3. The van der Waals surface area contributed by atoms with Gasteiger partial charge in [0.05, 0.1) is 0 Å². The van der Waals surface area contributed by atoms with E-state index in [1.165, 1.54) is 32.1 Å². The summed E-state index contributed by atoms with van der Waals surface area (Å²) in [5.41, 5.74) is 2.48. The average molecular weight is 293 g/mol. The van der Waals surface area contributed by atoms with Crippen LogP contribution < -0.4 is 21.5 Å². The van der Waals surface area contributed by atoms with Crippen molar-refractivity contribution in [2.45, 2.75) is 39.0 Å². The first-order valence-corrected chi connectivity index (χ1v) is 7.72. The van der Waals surface area contributed by atoms with Crippen LogP contribution in [0.2, 0.25) is 0 Å². The zero-order valence-electron chi connectivity index (χ0n) is 13.3. The molecule has 0 aliphatic heterocycles. The van der Waals surface area contributed by atoms with Crippen molar-refractivity contribution in [3.8, 4) is 0 Å². The van der Waals surface area contributed by atoms with E-state index in [4.69, 9.17) is 5.84 Å². The van der Waals surface area contributed by atoms with Crippen LogP contribution in [0.15, 0.2) is 0 Å². The van der Waals surface area contributed by atoms with E-state index >= 15 is 0 Å². The molecule has 0 amide bonds. The number of hydrazine groups is 1. The maximum Gasteiger partial charge on any atom is 0.243 e. The maximum absolute atomic E-state index is 5.40. The lowest BCUT2D eigenvalue weighted by Crippen LogP contribution is -2.20. The van der Waals surface area contributed by atoms with Crippen molar-refractivity contribution in [3.63, 3.8) is 0 Å². The molecule has 0 bridgehead atoms. The molecule has 0 aromatic carbocycles. The molecule has 118 valence electrons. The Kier molecular flexibility index (Phi) is 5.55. The average Bonchev–Trinajstić information content (AvgIpc) is 2.47. The summed E-state index contributed by atoms with van der Waals surface area (Å²) in [6.45, 7) is 3.24. The highest BCUT2D eigenvalue weighted by Gasteiger charge is 2.18. The number of hydrogen-bond donors (Lipinski definition) is 3. The highest BCUT2D eigenvalue weighted by Crippen LogP contribution is 2.30. The van der Waals surface area contributed by atoms with Gasteiger partial charge < -0.3 is 10.2 Å². The number of anilines is 3. The molecular formula is C14H27N7. The second-order valence-corrected chi connectivity index (χ2v) is 6.17. The van der Waals surface area contributed by atoms with Crippen molar-refractivity contribution < 1.29 is 0 Å². The van der Waals surface area contributed by atoms with E-state index in [1.807, 2.05) is 19.0 Å². The molecule has 0 saturated heterocycles. The number of nitrogens with two attached hydrogens (primary N) is 1. The van der Waals surface area contributed by atoms with Gasteiger partial charge >= 0.3 is 0 Å². The first kappa shape index (κ1) is 15.8. The molecule has 1 aliphatic rings. The molecule has 2 rings (SSSR count). The van der Waals surface area contributed by atoms with Crippen LogP contribution in [0.25, 0.3) is 0 Å². The first-order valence-electron chi connectivity index (χ1n) is 7.72. The standard InChI is InChI=1S/C14H27N7/c1-10-5-4-6-11(9-10)7-8-16-12-17-13(20-15)19-14(18-12)21(2)3/h10-11H,4-9,15H2,1-3H3,(H2,16,17,18,19,20). The molecule has 1 heterocycles. The fourth-order valence-electron chi connectivity index (χ4n) is 2.92. The third-order valence-corrected chi connectivity index (χ3v) is 4.03. The summed E-state index contributed by atoms with van der Waals surface area (Å²) >= 11 is 0. The Balaban J connectivity index is 1.88. The molecule has 0 spiro atoms. The Bertz CT molecular complexity index is 449. The van der Waals surface area contributed by atoms with Crippen LogP contribution >= 0.6 is 0 Å². The molecule has 0 radical (unpaired) electrons. The Morgan fingerprint density at radius 2 is 1.95 bits per heavy atom. The Morgan fingerprint density at radius 1 is 1.19 bits per heavy atom. The predicted octanol–water partition coefficient (Wildman–Crippen LogP) is 1.85. The number of hydrogen-bond acceptors (Lipinski definition) is 7. The van der Waals surface area contributed by atoms with Crippen LogP contribution in [-0.2, 0) is 0 Å². The lowest BCUT2D eigenvalue weighted by Gasteiger charge is -2.26. The lowest BCUT2D eigenvalue weighted by atomic mass is 9.81. The van der Waals surface area contributed by atoms with Gasteiger partial charge in [-0.3, -0.25) is 5.43 Å². The minimum absolute atomic E-state index is 0.377. The van der Waals surface area contributed by atoms with E-state index in [1.54, 1.807) is 0 Å². The van der Waals surface area contributed by atoms with Gasteiger partial charge in [0, 0.05) is 20.6 Å². The van der Waals surface area contributed by atoms with Gasteiger partial charge in [0.25, 0.3) is 0 Å². The summed E-state index contributed by atoms with van der Waals surface area (Å²) in [4.78, 5) is 14.6. The van der Waals surface area contributed by atoms with Gasteiger partial charge in [-0.05, 0) is 24.7 Å².